The van der Waals surface area contributed by atoms with Crippen LogP contribution in [0.3, 0.4) is 0 Å². The number of unbranched alkanes of at least 4 members (excludes halogenated alkanes) is 3. The Balaban J connectivity index is 3.32. The van der Waals surface area contributed by atoms with Gasteiger partial charge in [0.2, 0.25) is 0 Å². The molecule has 24 heavy (non-hydrogen) atoms. The number of nitrogens with zero attached hydrogens (tertiary/aromatic N) is 1. The summed E-state index contributed by atoms with van der Waals surface area (Å²) in [6.45, 7) is 11.8. The van der Waals surface area contributed by atoms with Gasteiger partial charge in [0.15, 0.2) is 0 Å². The molecule has 0 rings (SSSR count). The van der Waals surface area contributed by atoms with Crippen molar-refractivity contribution >= 4 is 6.09 Å². The van der Waals surface area contributed by atoms with E-state index in [0.29, 0.717) is 39.6 Å². The van der Waals surface area contributed by atoms with Crippen molar-refractivity contribution in [2.75, 3.05) is 53.2 Å². The van der Waals surface area contributed by atoms with Crippen LogP contribution in [-0.4, -0.2) is 69.8 Å². The van der Waals surface area contributed by atoms with Crippen LogP contribution in [0.4, 0.5) is 4.79 Å². The monoisotopic (exact) mass is 347 g/mol. The van der Waals surface area contributed by atoms with E-state index in [1.807, 2.05) is 20.8 Å². The number of ether oxygens (including phenoxy) is 4. The molecule has 6 nitrogen and oxygen atoms in total. The summed E-state index contributed by atoms with van der Waals surface area (Å²) < 4.78 is 21.6. The van der Waals surface area contributed by atoms with Gasteiger partial charge in [-0.2, -0.15) is 0 Å². The molecule has 0 radical (unpaired) electrons. The first kappa shape index (κ1) is 23.1. The van der Waals surface area contributed by atoms with E-state index < -0.39 is 5.60 Å². The Bertz CT molecular complexity index is 304. The first-order chi connectivity index (χ1) is 11.4. The number of hydrogen-bond acceptors (Lipinski definition) is 5. The molecule has 0 aliphatic heterocycles. The molecule has 144 valence electrons. The minimum Gasteiger partial charge on any atom is -0.444 e. The van der Waals surface area contributed by atoms with E-state index in [0.717, 1.165) is 13.0 Å². The average Bonchev–Trinajstić information content (AvgIpc) is 2.50. The Kier molecular flexibility index (Phi) is 14.0. The van der Waals surface area contributed by atoms with Crippen molar-refractivity contribution in [3.05, 3.63) is 0 Å². The quantitative estimate of drug-likeness (QED) is 0.450. The van der Waals surface area contributed by atoms with E-state index in [1.165, 1.54) is 24.2 Å². The Morgan fingerprint density at radius 1 is 0.833 bits per heavy atom. The van der Waals surface area contributed by atoms with Crippen molar-refractivity contribution in [2.24, 2.45) is 0 Å². The summed E-state index contributed by atoms with van der Waals surface area (Å²) >= 11 is 0. The fraction of sp³-hybridized carbons (Fsp3) is 0.944. The van der Waals surface area contributed by atoms with Crippen molar-refractivity contribution in [1.29, 1.82) is 0 Å². The molecule has 0 aliphatic carbocycles. The molecule has 0 aromatic carbocycles. The van der Waals surface area contributed by atoms with Gasteiger partial charge in [-0.3, -0.25) is 0 Å². The van der Waals surface area contributed by atoms with Crippen molar-refractivity contribution in [1.82, 2.24) is 4.90 Å². The molecule has 6 heteroatoms. The maximum absolute atomic E-state index is 11.7. The van der Waals surface area contributed by atoms with Gasteiger partial charge in [-0.05, 0) is 27.2 Å². The molecule has 0 spiro atoms. The third-order valence-electron chi connectivity index (χ3n) is 3.16. The predicted molar refractivity (Wildman–Crippen MR) is 95.5 cm³/mol. The van der Waals surface area contributed by atoms with Gasteiger partial charge in [-0.1, -0.05) is 26.2 Å². The van der Waals surface area contributed by atoms with Gasteiger partial charge in [0.05, 0.1) is 33.0 Å². The molecular weight excluding hydrogens is 310 g/mol. The zero-order valence-electron chi connectivity index (χ0n) is 16.3. The van der Waals surface area contributed by atoms with E-state index in [1.54, 1.807) is 7.05 Å². The summed E-state index contributed by atoms with van der Waals surface area (Å²) in [7, 11) is 1.70. The van der Waals surface area contributed by atoms with E-state index in [9.17, 15) is 4.79 Å². The summed E-state index contributed by atoms with van der Waals surface area (Å²) in [5.41, 5.74) is -0.474. The predicted octanol–water partition coefficient (Wildman–Crippen LogP) is 3.48. The highest BCUT2D eigenvalue weighted by Gasteiger charge is 2.19. The SMILES string of the molecule is CCCCCCOCCOCCOCCN(C)C(=O)OC(C)(C)C. The van der Waals surface area contributed by atoms with Crippen LogP contribution in [0.1, 0.15) is 53.4 Å². The van der Waals surface area contributed by atoms with Crippen LogP contribution in [0.25, 0.3) is 0 Å². The second-order valence-corrected chi connectivity index (χ2v) is 6.80. The van der Waals surface area contributed by atoms with Gasteiger partial charge in [-0.15, -0.1) is 0 Å². The summed E-state index contributed by atoms with van der Waals surface area (Å²) in [5, 5.41) is 0. The van der Waals surface area contributed by atoms with Gasteiger partial charge >= 0.3 is 6.09 Å². The Labute approximate surface area is 147 Å². The van der Waals surface area contributed by atoms with Gasteiger partial charge < -0.3 is 23.8 Å². The zero-order chi connectivity index (χ0) is 18.3. The molecule has 0 heterocycles. The highest BCUT2D eigenvalue weighted by molar-refractivity contribution is 5.67. The van der Waals surface area contributed by atoms with Crippen LogP contribution >= 0.6 is 0 Å². The van der Waals surface area contributed by atoms with Crippen LogP contribution in [0.2, 0.25) is 0 Å². The lowest BCUT2D eigenvalue weighted by Gasteiger charge is -2.24. The summed E-state index contributed by atoms with van der Waals surface area (Å²) in [6, 6.07) is 0. The lowest BCUT2D eigenvalue weighted by molar-refractivity contribution is 0.00443. The lowest BCUT2D eigenvalue weighted by atomic mass is 10.2. The molecule has 0 aromatic heterocycles. The van der Waals surface area contributed by atoms with Gasteiger partial charge in [0.25, 0.3) is 0 Å². The largest absolute Gasteiger partial charge is 0.444 e. The number of carbonyl (C=O) groups excluding carboxylic acids is 1. The molecule has 0 aromatic rings. The van der Waals surface area contributed by atoms with Crippen LogP contribution in [0, 0.1) is 0 Å². The molecule has 0 aliphatic rings. The summed E-state index contributed by atoms with van der Waals surface area (Å²) in [4.78, 5) is 13.2. The molecule has 1 amide bonds. The fourth-order valence-corrected chi connectivity index (χ4v) is 1.81. The van der Waals surface area contributed by atoms with Gasteiger partial charge in [-0.25, -0.2) is 4.79 Å². The minimum absolute atomic E-state index is 0.335. The summed E-state index contributed by atoms with van der Waals surface area (Å²) in [5.74, 6) is 0. The second kappa shape index (κ2) is 14.5. The van der Waals surface area contributed by atoms with Crippen molar-refractivity contribution in [3.63, 3.8) is 0 Å². The number of carbonyl (C=O) groups is 1. The van der Waals surface area contributed by atoms with Crippen LogP contribution in [0.15, 0.2) is 0 Å². The minimum atomic E-state index is -0.474. The molecule has 0 unspecified atom stereocenters. The molecule has 0 fully saturated rings. The van der Waals surface area contributed by atoms with Crippen molar-refractivity contribution < 1.29 is 23.7 Å². The van der Waals surface area contributed by atoms with Crippen molar-refractivity contribution in [2.45, 2.75) is 59.0 Å². The Hall–Kier alpha value is -0.850. The van der Waals surface area contributed by atoms with E-state index in [-0.39, 0.29) is 6.09 Å². The molecule has 0 saturated carbocycles. The Morgan fingerprint density at radius 3 is 1.92 bits per heavy atom. The highest BCUT2D eigenvalue weighted by Crippen LogP contribution is 2.08. The standard InChI is InChI=1S/C18H37NO5/c1-6-7-8-9-11-21-13-15-23-16-14-22-12-10-19(5)17(20)24-18(2,3)4/h6-16H2,1-5H3. The Morgan fingerprint density at radius 2 is 1.38 bits per heavy atom. The number of likely N-dealkylation sites (N-methyl/N-ethyl adjacent to an activating group) is 1. The first-order valence-electron chi connectivity index (χ1n) is 9.04. The van der Waals surface area contributed by atoms with Crippen LogP contribution < -0.4 is 0 Å². The first-order valence-corrected chi connectivity index (χ1v) is 9.04. The second-order valence-electron chi connectivity index (χ2n) is 6.80. The molecule has 0 atom stereocenters. The number of amides is 1. The smallest absolute Gasteiger partial charge is 0.410 e. The zero-order valence-corrected chi connectivity index (χ0v) is 16.3. The van der Waals surface area contributed by atoms with Gasteiger partial charge in [0, 0.05) is 20.2 Å². The highest BCUT2D eigenvalue weighted by atomic mass is 16.6. The topological polar surface area (TPSA) is 57.2 Å². The average molecular weight is 347 g/mol. The normalized spacial score (nSPS) is 11.5. The van der Waals surface area contributed by atoms with E-state index in [4.69, 9.17) is 18.9 Å². The third kappa shape index (κ3) is 16.0. The number of rotatable bonds is 14. The molecule has 0 saturated heterocycles. The summed E-state index contributed by atoms with van der Waals surface area (Å²) in [6.07, 6.45) is 4.56. The maximum atomic E-state index is 11.7. The fourth-order valence-electron chi connectivity index (χ4n) is 1.81. The van der Waals surface area contributed by atoms with E-state index >= 15 is 0 Å². The lowest BCUT2D eigenvalue weighted by Crippen LogP contribution is -2.36. The van der Waals surface area contributed by atoms with Gasteiger partial charge in [0.1, 0.15) is 5.60 Å². The van der Waals surface area contributed by atoms with E-state index in [2.05, 4.69) is 6.92 Å². The van der Waals surface area contributed by atoms with Crippen molar-refractivity contribution in [3.8, 4) is 0 Å². The van der Waals surface area contributed by atoms with Crippen LogP contribution in [0.5, 0.6) is 0 Å². The van der Waals surface area contributed by atoms with Crippen LogP contribution in [-0.2, 0) is 18.9 Å². The number of hydrogen-bond donors (Lipinski definition) is 0. The maximum Gasteiger partial charge on any atom is 0.410 e. The molecule has 0 bridgehead atoms. The molecular formula is C18H37NO5. The molecule has 0 N–H and O–H groups in total. The third-order valence-corrected chi connectivity index (χ3v) is 3.16.